The molecule has 1 rings (SSSR count). The fourth-order valence-corrected chi connectivity index (χ4v) is 12.2. The van der Waals surface area contributed by atoms with Crippen LogP contribution in [-0.2, 0) is 27.2 Å². The summed E-state index contributed by atoms with van der Waals surface area (Å²) in [5.41, 5.74) is 0.595. The molecule has 0 aliphatic heterocycles. The molecule has 0 aliphatic rings. The Bertz CT molecular complexity index is 828. The van der Waals surface area contributed by atoms with Gasteiger partial charge in [0.1, 0.15) is 11.0 Å². The van der Waals surface area contributed by atoms with Crippen molar-refractivity contribution in [2.45, 2.75) is 71.7 Å². The van der Waals surface area contributed by atoms with Crippen LogP contribution >= 0.6 is 0 Å². The first-order valence-electron chi connectivity index (χ1n) is 11.6. The molecule has 1 aromatic carbocycles. The van der Waals surface area contributed by atoms with E-state index in [4.69, 9.17) is 27.2 Å². The Labute approximate surface area is 209 Å². The third-order valence-corrected chi connectivity index (χ3v) is 13.4. The van der Waals surface area contributed by atoms with E-state index in [0.717, 1.165) is 0 Å². The van der Waals surface area contributed by atoms with Gasteiger partial charge in [-0.15, -0.1) is 0 Å². The summed E-state index contributed by atoms with van der Waals surface area (Å²) in [4.78, 5) is 13.6. The van der Waals surface area contributed by atoms with Gasteiger partial charge in [0.25, 0.3) is 0 Å². The van der Waals surface area contributed by atoms with Gasteiger partial charge < -0.3 is 27.2 Å². The number of hydrogen-bond acceptors (Lipinski definition) is 7. The van der Waals surface area contributed by atoms with Crippen LogP contribution < -0.4 is 4.74 Å². The van der Waals surface area contributed by atoms with Crippen LogP contribution in [-0.4, -0.2) is 58.4 Å². The van der Waals surface area contributed by atoms with Crippen molar-refractivity contribution in [1.82, 2.24) is 0 Å². The highest BCUT2D eigenvalue weighted by atomic mass is 28.4. The summed E-state index contributed by atoms with van der Waals surface area (Å²) in [7, 11) is -1.95. The van der Waals surface area contributed by atoms with Crippen LogP contribution in [0.15, 0.2) is 30.0 Å². The van der Waals surface area contributed by atoms with E-state index < -0.39 is 37.1 Å². The van der Waals surface area contributed by atoms with E-state index in [1.54, 1.807) is 19.2 Å². The lowest BCUT2D eigenvalue weighted by molar-refractivity contribution is -0.153. The van der Waals surface area contributed by atoms with E-state index in [9.17, 15) is 4.79 Å². The van der Waals surface area contributed by atoms with Crippen molar-refractivity contribution in [3.8, 4) is 5.75 Å². The molecule has 1 aromatic rings. The Morgan fingerprint density at radius 1 is 0.941 bits per heavy atom. The molecule has 10 heteroatoms. The minimum atomic E-state index is -2.47. The van der Waals surface area contributed by atoms with Gasteiger partial charge in [-0.2, -0.15) is 0 Å². The lowest BCUT2D eigenvalue weighted by Crippen LogP contribution is -2.58. The number of para-hydroxylation sites is 1. The van der Waals surface area contributed by atoms with Crippen LogP contribution in [0.25, 0.3) is 5.76 Å². The van der Waals surface area contributed by atoms with Gasteiger partial charge in [0.2, 0.25) is 5.76 Å². The summed E-state index contributed by atoms with van der Waals surface area (Å²) in [5, 5.41) is -0.908. The van der Waals surface area contributed by atoms with Gasteiger partial charge in [0.15, 0.2) is 22.4 Å². The van der Waals surface area contributed by atoms with Crippen molar-refractivity contribution < 1.29 is 32.0 Å². The molecular weight excluding hydrogens is 485 g/mol. The van der Waals surface area contributed by atoms with Crippen molar-refractivity contribution in [3.63, 3.8) is 0 Å². The Morgan fingerprint density at radius 3 is 1.88 bits per heavy atom. The highest BCUT2D eigenvalue weighted by Crippen LogP contribution is 2.33. The molecule has 0 aliphatic carbocycles. The first kappa shape index (κ1) is 30.4. The zero-order valence-corrected chi connectivity index (χ0v) is 26.2. The maximum absolute atomic E-state index is 13.6. The van der Waals surface area contributed by atoms with Crippen molar-refractivity contribution >= 4 is 37.6 Å². The minimum absolute atomic E-state index is 0.0317. The summed E-state index contributed by atoms with van der Waals surface area (Å²) in [6.07, 6.45) is 0.610. The molecule has 0 saturated heterocycles. The van der Waals surface area contributed by atoms with Gasteiger partial charge in [-0.1, -0.05) is 26.0 Å². The zero-order valence-electron chi connectivity index (χ0n) is 23.0. The summed E-state index contributed by atoms with van der Waals surface area (Å²) < 4.78 is 36.1. The number of methoxy groups -OCH3 is 3. The number of carbonyl (C=O) groups excluding carboxylic acids is 1. The van der Waals surface area contributed by atoms with E-state index in [0.29, 0.717) is 17.7 Å². The van der Waals surface area contributed by atoms with Crippen LogP contribution in [0, 0.1) is 5.92 Å². The lowest BCUT2D eigenvalue weighted by Gasteiger charge is -2.41. The van der Waals surface area contributed by atoms with Crippen molar-refractivity contribution in [2.75, 3.05) is 21.3 Å². The minimum Gasteiger partial charge on any atom is -0.496 e. The number of rotatable bonds is 13. The average Bonchev–Trinajstić information content (AvgIpc) is 2.68. The second-order valence-corrected chi connectivity index (χ2v) is 23.1. The van der Waals surface area contributed by atoms with Crippen molar-refractivity contribution in [3.05, 3.63) is 35.6 Å². The molecule has 34 heavy (non-hydrogen) atoms. The van der Waals surface area contributed by atoms with E-state index in [-0.39, 0.29) is 17.4 Å². The zero-order chi connectivity index (χ0) is 26.3. The second-order valence-electron chi connectivity index (χ2n) is 10.9. The smallest absolute Gasteiger partial charge is 0.378 e. The second kappa shape index (κ2) is 12.4. The van der Waals surface area contributed by atoms with Crippen LogP contribution in [0.5, 0.6) is 5.75 Å². The molecule has 0 radical (unpaired) electrons. The standard InChI is InChI=1S/C24H44O7Si3/c1-18(2)17-24(3,32(30-33(7,8)9)31-34(10,11)12)29-23(25)22(28-6)21(27-5)19-15-13-14-16-20(19)26-4/h13-16,18,32H,17H2,1-12H3. The number of esters is 1. The van der Waals surface area contributed by atoms with Gasteiger partial charge in [0, 0.05) is 0 Å². The van der Waals surface area contributed by atoms with Gasteiger partial charge in [-0.25, -0.2) is 4.79 Å². The maximum Gasteiger partial charge on any atom is 0.378 e. The van der Waals surface area contributed by atoms with Crippen LogP contribution in [0.4, 0.5) is 0 Å². The van der Waals surface area contributed by atoms with Crippen LogP contribution in [0.2, 0.25) is 39.3 Å². The van der Waals surface area contributed by atoms with Crippen molar-refractivity contribution in [2.24, 2.45) is 5.92 Å². The maximum atomic E-state index is 13.6. The predicted octanol–water partition coefficient (Wildman–Crippen LogP) is 5.47. The molecule has 0 aromatic heterocycles. The third kappa shape index (κ3) is 9.22. The van der Waals surface area contributed by atoms with Crippen LogP contribution in [0.3, 0.4) is 0 Å². The third-order valence-electron chi connectivity index (χ3n) is 4.71. The molecule has 0 fully saturated rings. The molecule has 0 N–H and O–H groups in total. The number of carbonyl (C=O) groups is 1. The quantitative estimate of drug-likeness (QED) is 0.145. The monoisotopic (exact) mass is 528 g/mol. The van der Waals surface area contributed by atoms with Crippen molar-refractivity contribution in [1.29, 1.82) is 0 Å². The number of benzene rings is 1. The Balaban J connectivity index is 3.55. The first-order chi connectivity index (χ1) is 15.6. The van der Waals surface area contributed by atoms with Gasteiger partial charge >= 0.3 is 15.3 Å². The molecule has 7 nitrogen and oxygen atoms in total. The predicted molar refractivity (Wildman–Crippen MR) is 144 cm³/mol. The summed E-state index contributed by atoms with van der Waals surface area (Å²) in [6, 6.07) is 7.28. The topological polar surface area (TPSA) is 72.5 Å². The Hall–Kier alpha value is -1.60. The molecule has 0 spiro atoms. The van der Waals surface area contributed by atoms with E-state index in [1.807, 2.05) is 19.1 Å². The molecule has 194 valence electrons. The highest BCUT2D eigenvalue weighted by molar-refractivity contribution is 6.81. The Kier molecular flexibility index (Phi) is 11.1. The Morgan fingerprint density at radius 2 is 1.47 bits per heavy atom. The lowest BCUT2D eigenvalue weighted by atomic mass is 10.1. The van der Waals surface area contributed by atoms with Crippen LogP contribution in [0.1, 0.15) is 32.8 Å². The fourth-order valence-electron chi connectivity index (χ4n) is 3.60. The summed E-state index contributed by atoms with van der Waals surface area (Å²) >= 11 is 0. The molecular formula is C24H44O7Si3. The molecule has 0 saturated carbocycles. The van der Waals surface area contributed by atoms with Gasteiger partial charge in [-0.3, -0.25) is 0 Å². The molecule has 0 amide bonds. The fraction of sp³-hybridized carbons (Fsp3) is 0.625. The number of ether oxygens (including phenoxy) is 4. The molecule has 0 bridgehead atoms. The SMILES string of the molecule is COC(C(=O)OC(C)(CC(C)C)[SiH](O[Si](C)(C)C)O[Si](C)(C)C)=C(OC)c1ccccc1OC. The molecule has 1 unspecified atom stereocenters. The van der Waals surface area contributed by atoms with E-state index in [2.05, 4.69) is 53.1 Å². The molecule has 0 heterocycles. The normalized spacial score (nSPS) is 15.0. The van der Waals surface area contributed by atoms with E-state index in [1.165, 1.54) is 14.2 Å². The van der Waals surface area contributed by atoms with Gasteiger partial charge in [-0.05, 0) is 70.7 Å². The molecule has 1 atom stereocenters. The average molecular weight is 529 g/mol. The highest BCUT2D eigenvalue weighted by Gasteiger charge is 2.48. The summed E-state index contributed by atoms with van der Waals surface area (Å²) in [5.74, 6) is 0.407. The van der Waals surface area contributed by atoms with E-state index >= 15 is 0 Å². The first-order valence-corrected chi connectivity index (χ1v) is 19.9. The largest absolute Gasteiger partial charge is 0.496 e. The number of hydrogen-bond donors (Lipinski definition) is 0. The van der Waals surface area contributed by atoms with Gasteiger partial charge in [0.05, 0.1) is 26.9 Å². The summed E-state index contributed by atoms with van der Waals surface area (Å²) in [6.45, 7) is 18.9.